The Morgan fingerprint density at radius 1 is 0.962 bits per heavy atom. The van der Waals surface area contributed by atoms with Gasteiger partial charge in [-0.15, -0.1) is 0 Å². The predicted octanol–water partition coefficient (Wildman–Crippen LogP) is 5.44. The van der Waals surface area contributed by atoms with Gasteiger partial charge in [0.2, 0.25) is 0 Å². The highest BCUT2D eigenvalue weighted by Crippen LogP contribution is 2.24. The molecule has 0 aromatic heterocycles. The predicted molar refractivity (Wildman–Crippen MR) is 108 cm³/mol. The molecular weight excluding hydrogens is 344 g/mol. The summed E-state index contributed by atoms with van der Waals surface area (Å²) in [5.41, 5.74) is 3.51. The maximum atomic E-state index is 12.3. The first-order chi connectivity index (χ1) is 12.6. The molecule has 0 fully saturated rings. The molecule has 26 heavy (non-hydrogen) atoms. The molecule has 0 heterocycles. The molecule has 0 spiro atoms. The average Bonchev–Trinajstić information content (AvgIpc) is 2.69. The number of carbonyl (C=O) groups excluding carboxylic acids is 1. The highest BCUT2D eigenvalue weighted by atomic mass is 35.5. The normalized spacial score (nSPS) is 11.8. The van der Waals surface area contributed by atoms with E-state index in [4.69, 9.17) is 11.6 Å². The van der Waals surface area contributed by atoms with Gasteiger partial charge in [-0.25, -0.2) is 0 Å². The number of carbonyl (C=O) groups is 1. The van der Waals surface area contributed by atoms with Crippen molar-refractivity contribution < 1.29 is 4.79 Å². The molecule has 0 aliphatic rings. The molecule has 3 rings (SSSR count). The van der Waals surface area contributed by atoms with E-state index >= 15 is 0 Å². The zero-order valence-corrected chi connectivity index (χ0v) is 15.3. The molecule has 4 heteroatoms. The summed E-state index contributed by atoms with van der Waals surface area (Å²) in [7, 11) is 0. The Hall–Kier alpha value is -2.62. The van der Waals surface area contributed by atoms with Crippen LogP contribution in [0, 0.1) is 0 Å². The van der Waals surface area contributed by atoms with Crippen LogP contribution in [-0.4, -0.2) is 5.91 Å². The molecule has 0 aliphatic heterocycles. The van der Waals surface area contributed by atoms with Crippen LogP contribution in [0.25, 0.3) is 0 Å². The molecule has 1 amide bonds. The first-order valence-corrected chi connectivity index (χ1v) is 8.94. The lowest BCUT2D eigenvalue weighted by Gasteiger charge is -2.15. The van der Waals surface area contributed by atoms with Crippen molar-refractivity contribution in [3.63, 3.8) is 0 Å². The summed E-state index contributed by atoms with van der Waals surface area (Å²) in [5.74, 6) is -0.171. The third-order valence-electron chi connectivity index (χ3n) is 4.23. The minimum atomic E-state index is -0.171. The third-order valence-corrected chi connectivity index (χ3v) is 4.56. The van der Waals surface area contributed by atoms with Crippen molar-refractivity contribution in [3.8, 4) is 0 Å². The van der Waals surface area contributed by atoms with Gasteiger partial charge in [-0.3, -0.25) is 4.79 Å². The summed E-state index contributed by atoms with van der Waals surface area (Å²) in [4.78, 5) is 12.3. The minimum Gasteiger partial charge on any atom is -0.321 e. The topological polar surface area (TPSA) is 41.1 Å². The molecule has 0 saturated carbocycles. The number of nitrogens with one attached hydrogen (secondary N) is 2. The molecule has 0 saturated heterocycles. The lowest BCUT2D eigenvalue weighted by atomic mass is 10.1. The Kier molecular flexibility index (Phi) is 6.05. The fourth-order valence-electron chi connectivity index (χ4n) is 2.69. The number of amides is 1. The van der Waals surface area contributed by atoms with Crippen molar-refractivity contribution in [2.75, 3.05) is 5.32 Å². The van der Waals surface area contributed by atoms with E-state index < -0.39 is 0 Å². The number of benzene rings is 3. The molecule has 3 aromatic carbocycles. The van der Waals surface area contributed by atoms with Crippen LogP contribution in [-0.2, 0) is 6.54 Å². The van der Waals surface area contributed by atoms with E-state index in [1.807, 2.05) is 54.6 Å². The summed E-state index contributed by atoms with van der Waals surface area (Å²) in [6.45, 7) is 2.81. The van der Waals surface area contributed by atoms with Crippen LogP contribution in [0.1, 0.15) is 34.5 Å². The largest absolute Gasteiger partial charge is 0.321 e. The van der Waals surface area contributed by atoms with Crippen LogP contribution < -0.4 is 10.6 Å². The van der Waals surface area contributed by atoms with Crippen molar-refractivity contribution in [2.24, 2.45) is 0 Å². The molecule has 132 valence electrons. The van der Waals surface area contributed by atoms with Crippen LogP contribution in [0.2, 0.25) is 5.02 Å². The van der Waals surface area contributed by atoms with Crippen LogP contribution in [0.3, 0.4) is 0 Å². The minimum absolute atomic E-state index is 0.171. The summed E-state index contributed by atoms with van der Waals surface area (Å²) in [6, 6.07) is 25.3. The molecule has 2 N–H and O–H groups in total. The number of rotatable bonds is 6. The molecule has 3 nitrogen and oxygen atoms in total. The van der Waals surface area contributed by atoms with Gasteiger partial charge in [-0.2, -0.15) is 0 Å². The summed E-state index contributed by atoms with van der Waals surface area (Å²) >= 11 is 6.25. The summed E-state index contributed by atoms with van der Waals surface area (Å²) in [5, 5.41) is 6.90. The second-order valence-electron chi connectivity index (χ2n) is 6.15. The number of anilines is 1. The SMILES string of the molecule is C[C@@H](NCc1ccc(Cl)c(NC(=O)c2ccccc2)c1)c1ccccc1. The van der Waals surface area contributed by atoms with Crippen LogP contribution in [0.5, 0.6) is 0 Å². The van der Waals surface area contributed by atoms with Gasteiger partial charge in [0.15, 0.2) is 0 Å². The number of hydrogen-bond acceptors (Lipinski definition) is 2. The standard InChI is InChI=1S/C22H21ClN2O/c1-16(18-8-4-2-5-9-18)24-15-17-12-13-20(23)21(14-17)25-22(26)19-10-6-3-7-11-19/h2-14,16,24H,15H2,1H3,(H,25,26)/t16-/m1/s1. The van der Waals surface area contributed by atoms with Gasteiger partial charge in [0.05, 0.1) is 10.7 Å². The van der Waals surface area contributed by atoms with Crippen molar-refractivity contribution in [2.45, 2.75) is 19.5 Å². The van der Waals surface area contributed by atoms with Gasteiger partial charge >= 0.3 is 0 Å². The van der Waals surface area contributed by atoms with Crippen LogP contribution in [0.15, 0.2) is 78.9 Å². The van der Waals surface area contributed by atoms with E-state index in [0.717, 1.165) is 5.56 Å². The molecule has 1 atom stereocenters. The summed E-state index contributed by atoms with van der Waals surface area (Å²) in [6.07, 6.45) is 0. The van der Waals surface area contributed by atoms with E-state index in [2.05, 4.69) is 29.7 Å². The lowest BCUT2D eigenvalue weighted by molar-refractivity contribution is 0.102. The van der Waals surface area contributed by atoms with E-state index in [1.165, 1.54) is 5.56 Å². The monoisotopic (exact) mass is 364 g/mol. The van der Waals surface area contributed by atoms with Gasteiger partial charge in [-0.1, -0.05) is 66.2 Å². The fourth-order valence-corrected chi connectivity index (χ4v) is 2.86. The van der Waals surface area contributed by atoms with Crippen molar-refractivity contribution >= 4 is 23.2 Å². The average molecular weight is 365 g/mol. The van der Waals surface area contributed by atoms with E-state index in [-0.39, 0.29) is 11.9 Å². The van der Waals surface area contributed by atoms with Gasteiger partial charge in [0, 0.05) is 18.2 Å². The lowest BCUT2D eigenvalue weighted by Crippen LogP contribution is -2.18. The Balaban J connectivity index is 1.67. The highest BCUT2D eigenvalue weighted by molar-refractivity contribution is 6.34. The highest BCUT2D eigenvalue weighted by Gasteiger charge is 2.10. The Bertz CT molecular complexity index is 866. The second-order valence-corrected chi connectivity index (χ2v) is 6.55. The zero-order chi connectivity index (χ0) is 18.4. The van der Waals surface area contributed by atoms with Gasteiger partial charge < -0.3 is 10.6 Å². The smallest absolute Gasteiger partial charge is 0.255 e. The van der Waals surface area contributed by atoms with Crippen molar-refractivity contribution in [1.82, 2.24) is 5.32 Å². The molecule has 0 bridgehead atoms. The first kappa shape index (κ1) is 18.2. The maximum absolute atomic E-state index is 12.3. The molecular formula is C22H21ClN2O. The molecule has 0 aliphatic carbocycles. The number of halogens is 1. The van der Waals surface area contributed by atoms with Crippen LogP contribution in [0.4, 0.5) is 5.69 Å². The second kappa shape index (κ2) is 8.65. The van der Waals surface area contributed by atoms with Gasteiger partial charge in [0.1, 0.15) is 0 Å². The summed E-state index contributed by atoms with van der Waals surface area (Å²) < 4.78 is 0. The number of hydrogen-bond donors (Lipinski definition) is 2. The van der Waals surface area contributed by atoms with Gasteiger partial charge in [-0.05, 0) is 42.3 Å². The molecule has 3 aromatic rings. The zero-order valence-electron chi connectivity index (χ0n) is 14.6. The molecule has 0 radical (unpaired) electrons. The van der Waals surface area contributed by atoms with Crippen LogP contribution >= 0.6 is 11.6 Å². The van der Waals surface area contributed by atoms with E-state index in [0.29, 0.717) is 22.8 Å². The van der Waals surface area contributed by atoms with E-state index in [1.54, 1.807) is 12.1 Å². The van der Waals surface area contributed by atoms with Gasteiger partial charge in [0.25, 0.3) is 5.91 Å². The maximum Gasteiger partial charge on any atom is 0.255 e. The van der Waals surface area contributed by atoms with E-state index in [9.17, 15) is 4.79 Å². The Labute approximate surface area is 159 Å². The third kappa shape index (κ3) is 4.72. The molecule has 0 unspecified atom stereocenters. The Morgan fingerprint density at radius 3 is 2.31 bits per heavy atom. The van der Waals surface area contributed by atoms with Crippen molar-refractivity contribution in [1.29, 1.82) is 0 Å². The Morgan fingerprint density at radius 2 is 1.62 bits per heavy atom. The first-order valence-electron chi connectivity index (χ1n) is 8.56. The fraction of sp³-hybridized carbons (Fsp3) is 0.136. The quantitative estimate of drug-likeness (QED) is 0.611. The van der Waals surface area contributed by atoms with Crippen molar-refractivity contribution in [3.05, 3.63) is 101 Å².